The van der Waals surface area contributed by atoms with Gasteiger partial charge in [0.2, 0.25) is 0 Å². The van der Waals surface area contributed by atoms with Gasteiger partial charge in [-0.25, -0.2) is 4.39 Å². The molecule has 0 radical (unpaired) electrons. The van der Waals surface area contributed by atoms with Gasteiger partial charge < -0.3 is 5.11 Å². The molecule has 2 aromatic carbocycles. The first kappa shape index (κ1) is 13.0. The number of rotatable bonds is 2. The molecule has 4 aromatic rings. The Hall–Kier alpha value is -1.75. The lowest BCUT2D eigenvalue weighted by Gasteiger charge is -2.09. The summed E-state index contributed by atoms with van der Waals surface area (Å²) >= 11 is 3.07. The van der Waals surface area contributed by atoms with E-state index in [0.29, 0.717) is 0 Å². The highest BCUT2D eigenvalue weighted by Gasteiger charge is 2.17. The predicted molar refractivity (Wildman–Crippen MR) is 87.7 cm³/mol. The molecule has 2 aromatic heterocycles. The molecule has 1 unspecified atom stereocenters. The van der Waals surface area contributed by atoms with Crippen LogP contribution in [0.2, 0.25) is 0 Å². The fourth-order valence-corrected chi connectivity index (χ4v) is 4.58. The zero-order valence-electron chi connectivity index (χ0n) is 10.9. The van der Waals surface area contributed by atoms with Gasteiger partial charge in [0.15, 0.2) is 0 Å². The second-order valence-corrected chi connectivity index (χ2v) is 6.95. The third-order valence-corrected chi connectivity index (χ3v) is 5.70. The quantitative estimate of drug-likeness (QED) is 0.530. The molecule has 0 saturated heterocycles. The summed E-state index contributed by atoms with van der Waals surface area (Å²) in [5.41, 5.74) is 0.912. The number of benzene rings is 2. The van der Waals surface area contributed by atoms with Gasteiger partial charge in [-0.15, -0.1) is 22.7 Å². The van der Waals surface area contributed by atoms with Crippen LogP contribution in [0.1, 0.15) is 16.5 Å². The molecule has 0 aliphatic heterocycles. The van der Waals surface area contributed by atoms with E-state index in [-0.39, 0.29) is 5.82 Å². The molecule has 0 fully saturated rings. The molecule has 4 heteroatoms. The minimum absolute atomic E-state index is 0.245. The van der Waals surface area contributed by atoms with Gasteiger partial charge in [-0.1, -0.05) is 24.3 Å². The van der Waals surface area contributed by atoms with Gasteiger partial charge >= 0.3 is 0 Å². The average molecular weight is 314 g/mol. The van der Waals surface area contributed by atoms with Crippen molar-refractivity contribution in [2.45, 2.75) is 6.10 Å². The Morgan fingerprint density at radius 2 is 1.90 bits per heavy atom. The van der Waals surface area contributed by atoms with Crippen LogP contribution in [0.5, 0.6) is 0 Å². The SMILES string of the molecule is OC(c1cc2ccc(F)cc2s1)c1cccc2ccsc12. The second-order valence-electron chi connectivity index (χ2n) is 4.92. The minimum atomic E-state index is -0.673. The number of aliphatic hydroxyl groups excluding tert-OH is 1. The van der Waals surface area contributed by atoms with Gasteiger partial charge in [-0.2, -0.15) is 0 Å². The fourth-order valence-electron chi connectivity index (χ4n) is 2.55. The number of fused-ring (bicyclic) bond motifs is 2. The van der Waals surface area contributed by atoms with Crippen molar-refractivity contribution in [1.29, 1.82) is 0 Å². The van der Waals surface area contributed by atoms with Crippen LogP contribution in [-0.2, 0) is 0 Å². The van der Waals surface area contributed by atoms with Gasteiger partial charge in [0.05, 0.1) is 0 Å². The van der Waals surface area contributed by atoms with Crippen molar-refractivity contribution in [1.82, 2.24) is 0 Å². The molecular weight excluding hydrogens is 303 g/mol. The van der Waals surface area contributed by atoms with Crippen LogP contribution in [0, 0.1) is 5.82 Å². The smallest absolute Gasteiger partial charge is 0.124 e. The minimum Gasteiger partial charge on any atom is -0.383 e. The highest BCUT2D eigenvalue weighted by atomic mass is 32.1. The Labute approximate surface area is 128 Å². The monoisotopic (exact) mass is 314 g/mol. The maximum absolute atomic E-state index is 13.3. The Morgan fingerprint density at radius 3 is 2.81 bits per heavy atom. The Bertz CT molecular complexity index is 938. The molecule has 21 heavy (non-hydrogen) atoms. The molecule has 0 spiro atoms. The second kappa shape index (κ2) is 4.91. The zero-order valence-corrected chi connectivity index (χ0v) is 12.5. The lowest BCUT2D eigenvalue weighted by Crippen LogP contribution is -1.96. The maximum Gasteiger partial charge on any atom is 0.124 e. The van der Waals surface area contributed by atoms with E-state index in [2.05, 4.69) is 6.07 Å². The molecule has 0 aliphatic rings. The zero-order chi connectivity index (χ0) is 14.4. The van der Waals surface area contributed by atoms with E-state index < -0.39 is 6.10 Å². The summed E-state index contributed by atoms with van der Waals surface area (Å²) in [6, 6.07) is 14.7. The summed E-state index contributed by atoms with van der Waals surface area (Å²) in [5.74, 6) is -0.245. The van der Waals surface area contributed by atoms with E-state index in [1.165, 1.54) is 23.5 Å². The van der Waals surface area contributed by atoms with Crippen LogP contribution in [0.15, 0.2) is 53.9 Å². The molecule has 4 rings (SSSR count). The van der Waals surface area contributed by atoms with Gasteiger partial charge in [0, 0.05) is 19.8 Å². The van der Waals surface area contributed by atoms with Crippen LogP contribution < -0.4 is 0 Å². The fraction of sp³-hybridized carbons (Fsp3) is 0.0588. The molecule has 104 valence electrons. The summed E-state index contributed by atoms with van der Waals surface area (Å²) in [4.78, 5) is 0.844. The van der Waals surface area contributed by atoms with Crippen molar-refractivity contribution < 1.29 is 9.50 Å². The van der Waals surface area contributed by atoms with E-state index in [4.69, 9.17) is 0 Å². The van der Waals surface area contributed by atoms with Gasteiger partial charge in [-0.3, -0.25) is 0 Å². The van der Waals surface area contributed by atoms with Crippen molar-refractivity contribution in [3.05, 3.63) is 70.2 Å². The summed E-state index contributed by atoms with van der Waals surface area (Å²) in [7, 11) is 0. The van der Waals surface area contributed by atoms with E-state index in [1.54, 1.807) is 17.4 Å². The van der Waals surface area contributed by atoms with Crippen molar-refractivity contribution in [3.63, 3.8) is 0 Å². The lowest BCUT2D eigenvalue weighted by atomic mass is 10.1. The highest BCUT2D eigenvalue weighted by Crippen LogP contribution is 2.37. The molecule has 0 amide bonds. The molecule has 1 N–H and O–H groups in total. The summed E-state index contributed by atoms with van der Waals surface area (Å²) in [6.45, 7) is 0. The van der Waals surface area contributed by atoms with E-state index >= 15 is 0 Å². The van der Waals surface area contributed by atoms with E-state index in [1.807, 2.05) is 29.6 Å². The number of hydrogen-bond donors (Lipinski definition) is 1. The Kier molecular flexibility index (Phi) is 3.03. The van der Waals surface area contributed by atoms with Crippen LogP contribution in [0.3, 0.4) is 0 Å². The third-order valence-electron chi connectivity index (χ3n) is 3.57. The third kappa shape index (κ3) is 2.16. The van der Waals surface area contributed by atoms with Gasteiger partial charge in [-0.05, 0) is 40.4 Å². The number of aliphatic hydroxyl groups is 1. The molecule has 1 atom stereocenters. The largest absolute Gasteiger partial charge is 0.383 e. The van der Waals surface area contributed by atoms with Crippen molar-refractivity contribution in [3.8, 4) is 0 Å². The van der Waals surface area contributed by atoms with Gasteiger partial charge in [0.1, 0.15) is 11.9 Å². The molecular formula is C17H11FOS2. The van der Waals surface area contributed by atoms with Crippen LogP contribution in [0.25, 0.3) is 20.2 Å². The first-order chi connectivity index (χ1) is 10.2. The predicted octanol–water partition coefficient (Wildman–Crippen LogP) is 5.34. The normalized spacial score (nSPS) is 13.0. The standard InChI is InChI=1S/C17H11FOS2/c18-12-5-4-11-8-15(21-14(11)9-12)16(19)13-3-1-2-10-6-7-20-17(10)13/h1-9,16,19H. The first-order valence-electron chi connectivity index (χ1n) is 6.55. The average Bonchev–Trinajstić information content (AvgIpc) is 3.11. The summed E-state index contributed by atoms with van der Waals surface area (Å²) < 4.78 is 15.3. The van der Waals surface area contributed by atoms with Gasteiger partial charge in [0.25, 0.3) is 0 Å². The Morgan fingerprint density at radius 1 is 1.00 bits per heavy atom. The van der Waals surface area contributed by atoms with Crippen molar-refractivity contribution in [2.24, 2.45) is 0 Å². The molecule has 1 nitrogen and oxygen atoms in total. The molecule has 0 saturated carbocycles. The van der Waals surface area contributed by atoms with E-state index in [9.17, 15) is 9.50 Å². The number of halogens is 1. The van der Waals surface area contributed by atoms with Crippen molar-refractivity contribution in [2.75, 3.05) is 0 Å². The van der Waals surface area contributed by atoms with E-state index in [0.717, 1.165) is 30.6 Å². The van der Waals surface area contributed by atoms with Crippen molar-refractivity contribution >= 4 is 42.8 Å². The number of thiophene rings is 2. The summed E-state index contributed by atoms with van der Waals surface area (Å²) in [5, 5.41) is 14.8. The molecule has 0 aliphatic carbocycles. The number of hydrogen-bond acceptors (Lipinski definition) is 3. The lowest BCUT2D eigenvalue weighted by molar-refractivity contribution is 0.226. The summed E-state index contributed by atoms with van der Waals surface area (Å²) in [6.07, 6.45) is -0.673. The van der Waals surface area contributed by atoms with Crippen LogP contribution in [-0.4, -0.2) is 5.11 Å². The highest BCUT2D eigenvalue weighted by molar-refractivity contribution is 7.19. The molecule has 2 heterocycles. The van der Waals surface area contributed by atoms with Crippen LogP contribution >= 0.6 is 22.7 Å². The first-order valence-corrected chi connectivity index (χ1v) is 8.25. The Balaban J connectivity index is 1.85. The maximum atomic E-state index is 13.3. The topological polar surface area (TPSA) is 20.2 Å². The van der Waals surface area contributed by atoms with Crippen LogP contribution in [0.4, 0.5) is 4.39 Å². The molecule has 0 bridgehead atoms.